The van der Waals surface area contributed by atoms with Gasteiger partial charge in [0.1, 0.15) is 5.54 Å². The first-order chi connectivity index (χ1) is 10.6. The third-order valence-corrected chi connectivity index (χ3v) is 5.59. The Morgan fingerprint density at radius 1 is 1.41 bits per heavy atom. The second-order valence-electron chi connectivity index (χ2n) is 5.04. The Morgan fingerprint density at radius 3 is 2.68 bits per heavy atom. The molecule has 1 aliphatic heterocycles. The van der Waals surface area contributed by atoms with Crippen LogP contribution in [0.5, 0.6) is 0 Å². The molecule has 0 bridgehead atoms. The van der Waals surface area contributed by atoms with Crippen LogP contribution in [0.4, 0.5) is 0 Å². The first-order valence-electron chi connectivity index (χ1n) is 6.75. The predicted molar refractivity (Wildman–Crippen MR) is 87.8 cm³/mol. The lowest BCUT2D eigenvalue weighted by Gasteiger charge is -2.24. The topological polar surface area (TPSA) is 90.2 Å². The second kappa shape index (κ2) is 7.56. The summed E-state index contributed by atoms with van der Waals surface area (Å²) in [5.41, 5.74) is 0.534. The number of amides is 1. The van der Waals surface area contributed by atoms with Crippen LogP contribution in [-0.4, -0.2) is 39.8 Å². The predicted octanol–water partition coefficient (Wildman–Crippen LogP) is 1.87. The number of carboxylic acid groups (broad SMARTS) is 1. The molecule has 1 aliphatic rings. The number of hydrogen-bond acceptors (Lipinski definition) is 5. The summed E-state index contributed by atoms with van der Waals surface area (Å²) in [6.07, 6.45) is 0.471. The third-order valence-electron chi connectivity index (χ3n) is 3.39. The summed E-state index contributed by atoms with van der Waals surface area (Å²) in [6, 6.07) is 9.25. The molecule has 116 valence electrons. The van der Waals surface area contributed by atoms with Crippen LogP contribution in [0.1, 0.15) is 17.5 Å². The fourth-order valence-corrected chi connectivity index (χ4v) is 4.24. The maximum Gasteiger partial charge on any atom is 0.330 e. The van der Waals surface area contributed by atoms with E-state index < -0.39 is 11.5 Å². The van der Waals surface area contributed by atoms with Crippen molar-refractivity contribution in [2.24, 2.45) is 0 Å². The lowest BCUT2D eigenvalue weighted by Crippen LogP contribution is -2.55. The first-order valence-corrected chi connectivity index (χ1v) is 9.06. The SMILES string of the molecule is N#Cc1ccc(CSCC(=O)NC2(C(=O)O)CCSC2)cc1. The number of thioether (sulfide) groups is 2. The van der Waals surface area contributed by atoms with Crippen LogP contribution in [-0.2, 0) is 15.3 Å². The van der Waals surface area contributed by atoms with Crippen LogP contribution in [0, 0.1) is 11.3 Å². The van der Waals surface area contributed by atoms with Gasteiger partial charge >= 0.3 is 5.97 Å². The molecule has 0 aliphatic carbocycles. The van der Waals surface area contributed by atoms with E-state index in [4.69, 9.17) is 5.26 Å². The van der Waals surface area contributed by atoms with Gasteiger partial charge in [0.05, 0.1) is 17.4 Å². The van der Waals surface area contributed by atoms with Crippen LogP contribution in [0.15, 0.2) is 24.3 Å². The van der Waals surface area contributed by atoms with E-state index in [1.165, 1.54) is 11.8 Å². The van der Waals surface area contributed by atoms with Gasteiger partial charge in [-0.25, -0.2) is 4.79 Å². The van der Waals surface area contributed by atoms with Gasteiger partial charge in [0.15, 0.2) is 0 Å². The molecule has 1 amide bonds. The van der Waals surface area contributed by atoms with Crippen LogP contribution >= 0.6 is 23.5 Å². The Bertz CT molecular complexity index is 590. The minimum atomic E-state index is -1.10. The lowest BCUT2D eigenvalue weighted by molar-refractivity contribution is -0.146. The number of carbonyl (C=O) groups excluding carboxylic acids is 1. The molecule has 1 fully saturated rings. The van der Waals surface area contributed by atoms with Crippen molar-refractivity contribution in [1.82, 2.24) is 5.32 Å². The largest absolute Gasteiger partial charge is 0.479 e. The molecule has 1 aromatic rings. The maximum atomic E-state index is 12.0. The average molecular weight is 336 g/mol. The van der Waals surface area contributed by atoms with Gasteiger partial charge in [-0.15, -0.1) is 11.8 Å². The van der Waals surface area contributed by atoms with E-state index in [1.54, 1.807) is 23.9 Å². The summed E-state index contributed by atoms with van der Waals surface area (Å²) in [6.45, 7) is 0. The summed E-state index contributed by atoms with van der Waals surface area (Å²) in [7, 11) is 0. The van der Waals surface area contributed by atoms with Crippen LogP contribution in [0.2, 0.25) is 0 Å². The van der Waals surface area contributed by atoms with E-state index in [2.05, 4.69) is 11.4 Å². The average Bonchev–Trinajstić information content (AvgIpc) is 2.98. The van der Waals surface area contributed by atoms with Gasteiger partial charge in [-0.1, -0.05) is 12.1 Å². The maximum absolute atomic E-state index is 12.0. The monoisotopic (exact) mass is 336 g/mol. The van der Waals surface area contributed by atoms with E-state index in [9.17, 15) is 14.7 Å². The number of carboxylic acids is 1. The van der Waals surface area contributed by atoms with E-state index in [0.717, 1.165) is 11.3 Å². The zero-order valence-corrected chi connectivity index (χ0v) is 13.5. The highest BCUT2D eigenvalue weighted by molar-refractivity contribution is 7.99. The van der Waals surface area contributed by atoms with Gasteiger partial charge in [-0.3, -0.25) is 4.79 Å². The van der Waals surface area contributed by atoms with Gasteiger partial charge in [0.2, 0.25) is 5.91 Å². The van der Waals surface area contributed by atoms with Crippen molar-refractivity contribution in [3.8, 4) is 6.07 Å². The Hall–Kier alpha value is -1.65. The van der Waals surface area contributed by atoms with Crippen LogP contribution < -0.4 is 5.32 Å². The molecule has 0 spiro atoms. The number of carbonyl (C=O) groups is 2. The highest BCUT2D eigenvalue weighted by Crippen LogP contribution is 2.28. The first kappa shape index (κ1) is 16.7. The number of aliphatic carboxylic acids is 1. The minimum Gasteiger partial charge on any atom is -0.479 e. The molecule has 2 rings (SSSR count). The number of rotatable bonds is 6. The third kappa shape index (κ3) is 4.18. The van der Waals surface area contributed by atoms with E-state index >= 15 is 0 Å². The number of nitrogens with one attached hydrogen (secondary N) is 1. The zero-order chi connectivity index (χ0) is 16.0. The van der Waals surface area contributed by atoms with E-state index in [-0.39, 0.29) is 11.7 Å². The molecule has 7 heteroatoms. The number of nitrogens with zero attached hydrogens (tertiary/aromatic N) is 1. The van der Waals surface area contributed by atoms with Crippen molar-refractivity contribution in [3.63, 3.8) is 0 Å². The van der Waals surface area contributed by atoms with E-state index in [0.29, 0.717) is 23.5 Å². The molecular formula is C15H16N2O3S2. The molecule has 1 saturated heterocycles. The molecule has 2 N–H and O–H groups in total. The Labute approximate surface area is 137 Å². The van der Waals surface area contributed by atoms with Crippen molar-refractivity contribution in [1.29, 1.82) is 5.26 Å². The zero-order valence-electron chi connectivity index (χ0n) is 11.9. The molecular weight excluding hydrogens is 320 g/mol. The standard InChI is InChI=1S/C15H16N2O3S2/c16-7-11-1-3-12(4-2-11)8-22-9-13(18)17-15(14(19)20)5-6-21-10-15/h1-4H,5-6,8-10H2,(H,17,18)(H,19,20). The number of nitriles is 1. The summed E-state index contributed by atoms with van der Waals surface area (Å²) >= 11 is 2.97. The summed E-state index contributed by atoms with van der Waals surface area (Å²) in [5.74, 6) is 0.846. The minimum absolute atomic E-state index is 0.222. The molecule has 1 heterocycles. The van der Waals surface area contributed by atoms with Gasteiger partial charge in [0.25, 0.3) is 0 Å². The van der Waals surface area contributed by atoms with Gasteiger partial charge in [0, 0.05) is 11.5 Å². The molecule has 0 radical (unpaired) electrons. The summed E-state index contributed by atoms with van der Waals surface area (Å²) in [5, 5.41) is 20.7. The Balaban J connectivity index is 1.80. The fraction of sp³-hybridized carbons (Fsp3) is 0.400. The molecule has 1 aromatic carbocycles. The molecule has 1 unspecified atom stereocenters. The lowest BCUT2D eigenvalue weighted by atomic mass is 9.99. The van der Waals surface area contributed by atoms with Crippen molar-refractivity contribution < 1.29 is 14.7 Å². The molecule has 22 heavy (non-hydrogen) atoms. The van der Waals surface area contributed by atoms with Gasteiger partial charge < -0.3 is 10.4 Å². The quantitative estimate of drug-likeness (QED) is 0.824. The van der Waals surface area contributed by atoms with Gasteiger partial charge in [-0.2, -0.15) is 17.0 Å². The highest BCUT2D eigenvalue weighted by atomic mass is 32.2. The van der Waals surface area contributed by atoms with Crippen molar-refractivity contribution in [2.75, 3.05) is 17.3 Å². The molecule has 0 aromatic heterocycles. The van der Waals surface area contributed by atoms with Crippen molar-refractivity contribution >= 4 is 35.4 Å². The Kier molecular flexibility index (Phi) is 5.75. The number of benzene rings is 1. The van der Waals surface area contributed by atoms with E-state index in [1.807, 2.05) is 12.1 Å². The highest BCUT2D eigenvalue weighted by Gasteiger charge is 2.43. The smallest absolute Gasteiger partial charge is 0.330 e. The van der Waals surface area contributed by atoms with Crippen molar-refractivity contribution in [2.45, 2.75) is 17.7 Å². The van der Waals surface area contributed by atoms with Crippen LogP contribution in [0.25, 0.3) is 0 Å². The fourth-order valence-electron chi connectivity index (χ4n) is 2.13. The normalized spacial score (nSPS) is 20.3. The summed E-state index contributed by atoms with van der Waals surface area (Å²) < 4.78 is 0. The summed E-state index contributed by atoms with van der Waals surface area (Å²) in [4.78, 5) is 23.3. The van der Waals surface area contributed by atoms with Crippen molar-refractivity contribution in [3.05, 3.63) is 35.4 Å². The molecule has 0 saturated carbocycles. The van der Waals surface area contributed by atoms with Crippen LogP contribution in [0.3, 0.4) is 0 Å². The molecule has 5 nitrogen and oxygen atoms in total. The Morgan fingerprint density at radius 2 is 2.14 bits per heavy atom. The number of hydrogen-bond donors (Lipinski definition) is 2. The van der Waals surface area contributed by atoms with Gasteiger partial charge in [-0.05, 0) is 29.9 Å². The molecule has 1 atom stereocenters. The second-order valence-corrected chi connectivity index (χ2v) is 7.13.